The molecule has 0 saturated carbocycles. The van der Waals surface area contributed by atoms with Crippen LogP contribution >= 0.6 is 0 Å². The van der Waals surface area contributed by atoms with Gasteiger partial charge in [0, 0.05) is 34.0 Å². The van der Waals surface area contributed by atoms with Crippen molar-refractivity contribution in [2.45, 2.75) is 31.6 Å². The molecule has 6 aromatic rings. The highest BCUT2D eigenvalue weighted by Gasteiger charge is 2.36. The fourth-order valence-electron chi connectivity index (χ4n) is 7.18. The smallest absolute Gasteiger partial charge is 0.0735 e. The number of nitrogens with two attached hydrogens (primary N) is 1. The number of fused-ring (bicyclic) bond motifs is 6. The van der Waals surface area contributed by atoms with Gasteiger partial charge in [-0.05, 0) is 75.2 Å². The zero-order valence-electron chi connectivity index (χ0n) is 25.6. The van der Waals surface area contributed by atoms with Crippen LogP contribution < -0.4 is 5.73 Å². The summed E-state index contributed by atoms with van der Waals surface area (Å²) in [5, 5.41) is 7.36. The minimum absolute atomic E-state index is 0.0739. The highest BCUT2D eigenvalue weighted by Crippen LogP contribution is 2.50. The second kappa shape index (κ2) is 10.6. The molecule has 8 rings (SSSR count). The second-order valence-corrected chi connectivity index (χ2v) is 12.6. The Bertz CT molecular complexity index is 2210. The van der Waals surface area contributed by atoms with E-state index in [-0.39, 0.29) is 5.41 Å². The molecule has 0 radical (unpaired) electrons. The quantitative estimate of drug-likeness (QED) is 0.202. The predicted molar refractivity (Wildman–Crippen MR) is 190 cm³/mol. The first-order chi connectivity index (χ1) is 22.0. The molecule has 0 aliphatic heterocycles. The van der Waals surface area contributed by atoms with Crippen molar-refractivity contribution >= 4 is 39.3 Å². The number of allylic oxidation sites excluding steroid dienone is 5. The van der Waals surface area contributed by atoms with Gasteiger partial charge >= 0.3 is 0 Å². The van der Waals surface area contributed by atoms with Gasteiger partial charge in [0.25, 0.3) is 0 Å². The van der Waals surface area contributed by atoms with Crippen LogP contribution in [0.5, 0.6) is 0 Å². The number of hydrogen-bond donors (Lipinski definition) is 1. The SMILES string of the molecule is CC1(C)c2ccccc2-c2cc3c4ccccc4n(N=CC=C(N)c4ccc(C5C=CC(c6ccccc6)=CC5)cc4)c3cc21. The first-order valence-corrected chi connectivity index (χ1v) is 15.7. The zero-order valence-corrected chi connectivity index (χ0v) is 25.6. The van der Waals surface area contributed by atoms with Gasteiger partial charge in [-0.3, -0.25) is 0 Å². The molecule has 0 spiro atoms. The molecule has 3 nitrogen and oxygen atoms in total. The van der Waals surface area contributed by atoms with Gasteiger partial charge in [0.1, 0.15) is 0 Å². The number of benzene rings is 5. The van der Waals surface area contributed by atoms with Crippen LogP contribution in [-0.4, -0.2) is 10.9 Å². The highest BCUT2D eigenvalue weighted by molar-refractivity contribution is 6.10. The third-order valence-electron chi connectivity index (χ3n) is 9.67. The van der Waals surface area contributed by atoms with E-state index >= 15 is 0 Å². The standard InChI is InChI=1S/C42H35N3/c1-42(2)37-14-8-6-12-33(37)35-26-36-34-13-7-9-15-40(34)45(41(36)27-38(35)42)44-25-24-39(43)32-22-20-31(21-23-32)30-18-16-29(17-19-30)28-10-4-3-5-11-28/h3-18,20-27,30H,19,43H2,1-2H3. The normalized spacial score (nSPS) is 17.2. The average Bonchev–Trinajstić information content (AvgIpc) is 3.52. The first-order valence-electron chi connectivity index (χ1n) is 15.7. The molecule has 1 heterocycles. The molecule has 2 aliphatic rings. The van der Waals surface area contributed by atoms with Crippen molar-refractivity contribution in [3.63, 3.8) is 0 Å². The van der Waals surface area contributed by atoms with Gasteiger partial charge in [0.05, 0.1) is 11.0 Å². The lowest BCUT2D eigenvalue weighted by molar-refractivity contribution is 0.661. The maximum atomic E-state index is 6.57. The van der Waals surface area contributed by atoms with Crippen LogP contribution in [0.25, 0.3) is 44.2 Å². The van der Waals surface area contributed by atoms with E-state index in [1.54, 1.807) is 0 Å². The van der Waals surface area contributed by atoms with Crippen LogP contribution in [0.2, 0.25) is 0 Å². The van der Waals surface area contributed by atoms with Crippen LogP contribution in [-0.2, 0) is 5.41 Å². The van der Waals surface area contributed by atoms with Crippen LogP contribution in [0, 0.1) is 0 Å². The molecule has 45 heavy (non-hydrogen) atoms. The van der Waals surface area contributed by atoms with Gasteiger partial charge in [-0.1, -0.05) is 129 Å². The number of aromatic nitrogens is 1. The molecule has 2 aliphatic carbocycles. The third kappa shape index (κ3) is 4.55. The molecular formula is C42H35N3. The third-order valence-corrected chi connectivity index (χ3v) is 9.67. The fourth-order valence-corrected chi connectivity index (χ4v) is 7.18. The van der Waals surface area contributed by atoms with E-state index in [1.807, 2.05) is 12.3 Å². The molecule has 0 bridgehead atoms. The van der Waals surface area contributed by atoms with Crippen LogP contribution in [0.4, 0.5) is 0 Å². The van der Waals surface area contributed by atoms with E-state index < -0.39 is 0 Å². The predicted octanol–water partition coefficient (Wildman–Crippen LogP) is 10.1. The van der Waals surface area contributed by atoms with Crippen LogP contribution in [0.1, 0.15) is 54.0 Å². The molecule has 0 saturated heterocycles. The van der Waals surface area contributed by atoms with Gasteiger partial charge in [-0.15, -0.1) is 0 Å². The Balaban J connectivity index is 1.07. The van der Waals surface area contributed by atoms with Crippen LogP contribution in [0.3, 0.4) is 0 Å². The van der Waals surface area contributed by atoms with Crippen LogP contribution in [0.15, 0.2) is 145 Å². The van der Waals surface area contributed by atoms with Crippen molar-refractivity contribution in [2.75, 3.05) is 0 Å². The van der Waals surface area contributed by atoms with E-state index in [0.29, 0.717) is 11.6 Å². The average molecular weight is 582 g/mol. The van der Waals surface area contributed by atoms with Crippen molar-refractivity contribution < 1.29 is 0 Å². The lowest BCUT2D eigenvalue weighted by Crippen LogP contribution is -2.14. The number of nitrogens with zero attached hydrogens (tertiary/aromatic N) is 2. The van der Waals surface area contributed by atoms with Crippen molar-refractivity contribution in [1.29, 1.82) is 0 Å². The number of hydrogen-bond acceptors (Lipinski definition) is 2. The molecule has 1 unspecified atom stereocenters. The zero-order chi connectivity index (χ0) is 30.5. The highest BCUT2D eigenvalue weighted by atomic mass is 15.3. The van der Waals surface area contributed by atoms with E-state index in [9.17, 15) is 0 Å². The fraction of sp³-hybridized carbons (Fsp3) is 0.119. The summed E-state index contributed by atoms with van der Waals surface area (Å²) in [6.45, 7) is 4.63. The van der Waals surface area contributed by atoms with E-state index in [1.165, 1.54) is 49.7 Å². The van der Waals surface area contributed by atoms with E-state index in [0.717, 1.165) is 23.0 Å². The Morgan fingerprint density at radius 2 is 1.53 bits per heavy atom. The van der Waals surface area contributed by atoms with Gasteiger partial charge in [0.15, 0.2) is 0 Å². The maximum Gasteiger partial charge on any atom is 0.0735 e. The molecular weight excluding hydrogens is 546 g/mol. The van der Waals surface area contributed by atoms with Gasteiger partial charge < -0.3 is 5.73 Å². The Labute approximate surface area is 264 Å². The Morgan fingerprint density at radius 3 is 2.33 bits per heavy atom. The van der Waals surface area contributed by atoms with Gasteiger partial charge in [0.2, 0.25) is 0 Å². The molecule has 5 aromatic carbocycles. The van der Waals surface area contributed by atoms with Gasteiger partial charge in [-0.2, -0.15) is 5.10 Å². The maximum absolute atomic E-state index is 6.57. The van der Waals surface area contributed by atoms with Crippen molar-refractivity contribution in [1.82, 2.24) is 4.68 Å². The summed E-state index contributed by atoms with van der Waals surface area (Å²) in [5.74, 6) is 0.368. The molecule has 1 aromatic heterocycles. The summed E-state index contributed by atoms with van der Waals surface area (Å²) in [4.78, 5) is 0. The minimum Gasteiger partial charge on any atom is -0.398 e. The van der Waals surface area contributed by atoms with E-state index in [2.05, 4.69) is 152 Å². The van der Waals surface area contributed by atoms with E-state index in [4.69, 9.17) is 10.8 Å². The molecule has 0 amide bonds. The van der Waals surface area contributed by atoms with Crippen molar-refractivity contribution in [2.24, 2.45) is 10.8 Å². The van der Waals surface area contributed by atoms with Gasteiger partial charge in [-0.25, -0.2) is 4.68 Å². The number of rotatable bonds is 5. The minimum atomic E-state index is -0.0739. The monoisotopic (exact) mass is 581 g/mol. The summed E-state index contributed by atoms with van der Waals surface area (Å²) in [5.41, 5.74) is 19.6. The summed E-state index contributed by atoms with van der Waals surface area (Å²) in [6, 6.07) is 41.2. The summed E-state index contributed by atoms with van der Waals surface area (Å²) < 4.78 is 2.06. The second-order valence-electron chi connectivity index (χ2n) is 12.6. The molecule has 218 valence electrons. The van der Waals surface area contributed by atoms with Crippen molar-refractivity contribution in [3.05, 3.63) is 167 Å². The topological polar surface area (TPSA) is 43.3 Å². The largest absolute Gasteiger partial charge is 0.398 e. The summed E-state index contributed by atoms with van der Waals surface area (Å²) in [7, 11) is 0. The lowest BCUT2D eigenvalue weighted by atomic mass is 9.82. The molecule has 1 atom stereocenters. The Kier molecular flexibility index (Phi) is 6.42. The number of para-hydroxylation sites is 1. The lowest BCUT2D eigenvalue weighted by Gasteiger charge is -2.21. The Hall–Kier alpha value is -5.41. The molecule has 0 fully saturated rings. The summed E-state index contributed by atoms with van der Waals surface area (Å²) in [6.07, 6.45) is 11.6. The molecule has 2 N–H and O–H groups in total. The van der Waals surface area contributed by atoms with Crippen molar-refractivity contribution in [3.8, 4) is 11.1 Å². The summed E-state index contributed by atoms with van der Waals surface area (Å²) >= 11 is 0. The molecule has 3 heteroatoms. The first kappa shape index (κ1) is 27.2. The Morgan fingerprint density at radius 1 is 0.778 bits per heavy atom.